The van der Waals surface area contributed by atoms with Crippen molar-refractivity contribution in [3.05, 3.63) is 47.6 Å². The largest absolute Gasteiger partial charge is 0.463 e. The third-order valence-electron chi connectivity index (χ3n) is 3.69. The van der Waals surface area contributed by atoms with E-state index in [-0.39, 0.29) is 11.4 Å². The number of carbonyl (C=O) groups is 1. The molecule has 0 aromatic heterocycles. The summed E-state index contributed by atoms with van der Waals surface area (Å²) in [5.74, 6) is -0.222. The Labute approximate surface area is 155 Å². The molecule has 0 aromatic rings. The molecule has 0 saturated carbocycles. The number of carbonyl (C=O) groups excluding carboxylic acids is 1. The van der Waals surface area contributed by atoms with Crippen molar-refractivity contribution in [2.24, 2.45) is 5.41 Å². The molecule has 0 amide bonds. The molecule has 142 valence electrons. The highest BCUT2D eigenvalue weighted by atomic mass is 16.5. The van der Waals surface area contributed by atoms with E-state index in [1.165, 1.54) is 16.7 Å². The van der Waals surface area contributed by atoms with Gasteiger partial charge in [-0.25, -0.2) is 4.79 Å². The van der Waals surface area contributed by atoms with E-state index < -0.39 is 0 Å². The molecule has 0 rings (SSSR count). The summed E-state index contributed by atoms with van der Waals surface area (Å²) in [6.07, 6.45) is 14.1. The minimum absolute atomic E-state index is 0.162. The maximum atomic E-state index is 11.8. The summed E-state index contributed by atoms with van der Waals surface area (Å²) in [5.41, 5.74) is 4.13. The summed E-state index contributed by atoms with van der Waals surface area (Å²) in [6, 6.07) is 0. The van der Waals surface area contributed by atoms with E-state index in [0.717, 1.165) is 38.5 Å². The highest BCUT2D eigenvalue weighted by Crippen LogP contribution is 2.27. The molecule has 2 heteroatoms. The van der Waals surface area contributed by atoms with Gasteiger partial charge in [0.25, 0.3) is 0 Å². The zero-order chi connectivity index (χ0) is 19.3. The van der Waals surface area contributed by atoms with Gasteiger partial charge < -0.3 is 4.74 Å². The lowest BCUT2D eigenvalue weighted by Gasteiger charge is -2.20. The monoisotopic (exact) mass is 346 g/mol. The summed E-state index contributed by atoms with van der Waals surface area (Å²) in [4.78, 5) is 11.8. The molecule has 0 fully saturated rings. The molecule has 0 saturated heterocycles. The molecule has 0 N–H and O–H groups in total. The van der Waals surface area contributed by atoms with E-state index in [9.17, 15) is 4.79 Å². The summed E-state index contributed by atoms with van der Waals surface area (Å²) in [7, 11) is 0. The maximum absolute atomic E-state index is 11.8. The van der Waals surface area contributed by atoms with Gasteiger partial charge in [0.2, 0.25) is 0 Å². The predicted molar refractivity (Wildman–Crippen MR) is 110 cm³/mol. The quantitative estimate of drug-likeness (QED) is 0.230. The molecular weight excluding hydrogens is 308 g/mol. The Morgan fingerprint density at radius 2 is 1.64 bits per heavy atom. The minimum Gasteiger partial charge on any atom is -0.463 e. The Hall–Kier alpha value is -1.57. The minimum atomic E-state index is -0.222. The molecule has 0 aliphatic rings. The van der Waals surface area contributed by atoms with E-state index >= 15 is 0 Å². The topological polar surface area (TPSA) is 26.3 Å². The van der Waals surface area contributed by atoms with Crippen LogP contribution in [0.3, 0.4) is 0 Å². The molecular formula is C23H38O2. The average molecular weight is 347 g/mol. The van der Waals surface area contributed by atoms with Crippen LogP contribution in [0.5, 0.6) is 0 Å². The molecule has 0 bridgehead atoms. The fourth-order valence-electron chi connectivity index (χ4n) is 2.72. The summed E-state index contributed by atoms with van der Waals surface area (Å²) in [5, 5.41) is 0. The Bertz CT molecular complexity index is 495. The highest BCUT2D eigenvalue weighted by molar-refractivity contribution is 5.82. The summed E-state index contributed by atoms with van der Waals surface area (Å²) in [6.45, 7) is 17.0. The van der Waals surface area contributed by atoms with E-state index in [1.807, 2.05) is 13.0 Å². The lowest BCUT2D eigenvalue weighted by molar-refractivity contribution is -0.137. The predicted octanol–water partition coefficient (Wildman–Crippen LogP) is 6.94. The smallest absolute Gasteiger partial charge is 0.330 e. The Morgan fingerprint density at radius 1 is 1.04 bits per heavy atom. The van der Waals surface area contributed by atoms with Gasteiger partial charge in [-0.3, -0.25) is 0 Å². The van der Waals surface area contributed by atoms with Crippen molar-refractivity contribution in [3.8, 4) is 0 Å². The van der Waals surface area contributed by atoms with Gasteiger partial charge in [0.05, 0.1) is 6.61 Å². The van der Waals surface area contributed by atoms with Crippen LogP contribution in [0.25, 0.3) is 0 Å². The number of ether oxygens (including phenoxy) is 1. The van der Waals surface area contributed by atoms with Gasteiger partial charge in [0, 0.05) is 6.08 Å². The van der Waals surface area contributed by atoms with Crippen LogP contribution in [0.2, 0.25) is 0 Å². The molecule has 0 aliphatic carbocycles. The third-order valence-corrected chi connectivity index (χ3v) is 3.69. The van der Waals surface area contributed by atoms with Crippen LogP contribution in [0.1, 0.15) is 80.1 Å². The lowest BCUT2D eigenvalue weighted by Crippen LogP contribution is -2.09. The number of esters is 1. The Morgan fingerprint density at radius 3 is 2.16 bits per heavy atom. The van der Waals surface area contributed by atoms with Crippen molar-refractivity contribution < 1.29 is 9.53 Å². The molecule has 0 atom stereocenters. The molecule has 0 unspecified atom stereocenters. The van der Waals surface area contributed by atoms with Crippen molar-refractivity contribution in [1.29, 1.82) is 0 Å². The first kappa shape index (κ1) is 23.4. The fraction of sp³-hybridized carbons (Fsp3) is 0.609. The first-order valence-electron chi connectivity index (χ1n) is 9.46. The maximum Gasteiger partial charge on any atom is 0.330 e. The van der Waals surface area contributed by atoms with Crippen LogP contribution >= 0.6 is 0 Å². The van der Waals surface area contributed by atoms with Gasteiger partial charge in [0.1, 0.15) is 0 Å². The number of hydrogen-bond donors (Lipinski definition) is 0. The van der Waals surface area contributed by atoms with Crippen LogP contribution in [0.15, 0.2) is 47.6 Å². The number of allylic oxidation sites excluding steroid dienone is 6. The number of hydrogen-bond acceptors (Lipinski definition) is 2. The van der Waals surface area contributed by atoms with Crippen molar-refractivity contribution in [2.75, 3.05) is 6.61 Å². The standard InChI is InChI=1S/C23H38O2/c1-8-12-20(14-10-13-19(3)4)15-11-16-21(18-23(5,6)7)17-22(24)25-9-2/h8,13,15,17H,1,9-12,14,16,18H2,2-7H3/b20-15+,21-17-. The van der Waals surface area contributed by atoms with Gasteiger partial charge >= 0.3 is 5.97 Å². The Kier molecular flexibility index (Phi) is 11.9. The summed E-state index contributed by atoms with van der Waals surface area (Å²) >= 11 is 0. The van der Waals surface area contributed by atoms with Crippen molar-refractivity contribution in [2.45, 2.75) is 80.1 Å². The molecule has 0 aliphatic heterocycles. The van der Waals surface area contributed by atoms with E-state index in [4.69, 9.17) is 4.74 Å². The van der Waals surface area contributed by atoms with E-state index in [1.54, 1.807) is 6.08 Å². The highest BCUT2D eigenvalue weighted by Gasteiger charge is 2.14. The van der Waals surface area contributed by atoms with Crippen molar-refractivity contribution >= 4 is 5.97 Å². The van der Waals surface area contributed by atoms with Crippen LogP contribution in [0, 0.1) is 5.41 Å². The van der Waals surface area contributed by atoms with Crippen molar-refractivity contribution in [1.82, 2.24) is 0 Å². The van der Waals surface area contributed by atoms with E-state index in [0.29, 0.717) is 6.61 Å². The van der Waals surface area contributed by atoms with Gasteiger partial charge in [0.15, 0.2) is 0 Å². The zero-order valence-electron chi connectivity index (χ0n) is 17.3. The summed E-state index contributed by atoms with van der Waals surface area (Å²) < 4.78 is 5.08. The second-order valence-electron chi connectivity index (χ2n) is 8.01. The SMILES string of the molecule is C=CC/C(=C\CC/C(=C/C(=O)OCC)CC(C)(C)C)CCC=C(C)C. The zero-order valence-corrected chi connectivity index (χ0v) is 17.3. The normalized spacial score (nSPS) is 12.7. The van der Waals surface area contributed by atoms with Gasteiger partial charge in [-0.05, 0) is 64.7 Å². The average Bonchev–Trinajstić information content (AvgIpc) is 2.45. The second-order valence-corrected chi connectivity index (χ2v) is 8.01. The molecule has 25 heavy (non-hydrogen) atoms. The number of rotatable bonds is 11. The molecule has 0 heterocycles. The van der Waals surface area contributed by atoms with Gasteiger partial charge in [-0.2, -0.15) is 0 Å². The van der Waals surface area contributed by atoms with Crippen LogP contribution < -0.4 is 0 Å². The first-order chi connectivity index (χ1) is 11.7. The first-order valence-corrected chi connectivity index (χ1v) is 9.46. The molecule has 2 nitrogen and oxygen atoms in total. The third kappa shape index (κ3) is 14.5. The van der Waals surface area contributed by atoms with Crippen LogP contribution in [0.4, 0.5) is 0 Å². The molecule has 0 radical (unpaired) electrons. The second kappa shape index (κ2) is 12.7. The van der Waals surface area contributed by atoms with Crippen molar-refractivity contribution in [3.63, 3.8) is 0 Å². The van der Waals surface area contributed by atoms with Gasteiger partial charge in [-0.1, -0.05) is 55.7 Å². The van der Waals surface area contributed by atoms with Crippen LogP contribution in [-0.2, 0) is 9.53 Å². The Balaban J connectivity index is 4.88. The van der Waals surface area contributed by atoms with E-state index in [2.05, 4.69) is 53.3 Å². The molecule has 0 spiro atoms. The molecule has 0 aromatic carbocycles. The van der Waals surface area contributed by atoms with Crippen LogP contribution in [-0.4, -0.2) is 12.6 Å². The fourth-order valence-corrected chi connectivity index (χ4v) is 2.72. The van der Waals surface area contributed by atoms with Gasteiger partial charge in [-0.15, -0.1) is 6.58 Å². The lowest BCUT2D eigenvalue weighted by atomic mass is 9.86.